The molecule has 1 saturated carbocycles. The van der Waals surface area contributed by atoms with Crippen molar-refractivity contribution in [2.24, 2.45) is 5.92 Å². The molecule has 18 nitrogen and oxygen atoms in total. The fourth-order valence-corrected chi connectivity index (χ4v) is 4.18. The van der Waals surface area contributed by atoms with E-state index in [2.05, 4.69) is 96.2 Å². The molecule has 0 atom stereocenters. The summed E-state index contributed by atoms with van der Waals surface area (Å²) in [6.07, 6.45) is 26.1. The van der Waals surface area contributed by atoms with Crippen LogP contribution in [0.3, 0.4) is 0 Å². The number of aromatic nitrogens is 16. The maximum atomic E-state index is 4.60. The average molecular weight is 967 g/mol. The first kappa shape index (κ1) is 59.8. The second-order valence-electron chi connectivity index (χ2n) is 14.5. The Morgan fingerprint density at radius 2 is 1.20 bits per heavy atom. The van der Waals surface area contributed by atoms with Gasteiger partial charge in [-0.1, -0.05) is 37.1 Å². The van der Waals surface area contributed by atoms with E-state index in [0.29, 0.717) is 5.82 Å². The minimum Gasteiger partial charge on any atom is -0.452 e. The minimum atomic E-state index is 0.676. The maximum Gasteiger partial charge on any atom is 0.213 e. The van der Waals surface area contributed by atoms with Crippen molar-refractivity contribution in [1.82, 2.24) is 80.4 Å². The Labute approximate surface area is 416 Å². The number of H-pyrrole nitrogens is 1. The number of pyridine rings is 3. The zero-order valence-electron chi connectivity index (χ0n) is 42.0. The van der Waals surface area contributed by atoms with Crippen molar-refractivity contribution in [2.75, 3.05) is 0 Å². The van der Waals surface area contributed by atoms with Crippen LogP contribution < -0.4 is 0 Å². The summed E-state index contributed by atoms with van der Waals surface area (Å²) < 4.78 is 8.96. The molecule has 0 saturated heterocycles. The molecule has 1 fully saturated rings. The summed E-state index contributed by atoms with van der Waals surface area (Å²) in [5.74, 6) is 3.44. The van der Waals surface area contributed by atoms with Crippen molar-refractivity contribution in [2.45, 2.75) is 89.0 Å². The molecule has 11 rings (SSSR count). The number of rotatable bonds is 0. The summed E-state index contributed by atoms with van der Waals surface area (Å²) in [5, 5.41) is 19.0. The quantitative estimate of drug-likeness (QED) is 0.149. The van der Waals surface area contributed by atoms with E-state index in [-0.39, 0.29) is 0 Å². The van der Waals surface area contributed by atoms with Gasteiger partial charge in [-0.05, 0) is 141 Å². The highest BCUT2D eigenvalue weighted by molar-refractivity contribution is 7.07. The molecule has 19 heteroatoms. The Kier molecular flexibility index (Phi) is 35.1. The standard InChI is InChI=1S/3C6H7N.3C5H6N2.C4H5NO.C4H5NS.C4H8.C3H5N3.C3H4N2O/c1-6-2-4-7-5-3-6;1-6-3-2-4-7-5-6;1-6-4-2-3-5-7-6;1-5-2-3-6-4-7-5;1-5-6-3-2-4-7-5;1-5-3-2-4-6-7-5;2*1-4-2-6-3-5-4;1-4-2-3-4;1-3-4-2-5-6-3;1-3-4-2-6-5-3/h3*2-5H,1H3;3*2-4H,1H3;2*2-3H,1H3;4H,2-3H2,1H3;2H,1H3,(H,4,5,6);2H,1H3. The molecular formula is C51H66N16O2S. The molecule has 0 radical (unpaired) electrons. The van der Waals surface area contributed by atoms with Gasteiger partial charge >= 0.3 is 0 Å². The van der Waals surface area contributed by atoms with Crippen molar-refractivity contribution in [3.8, 4) is 0 Å². The van der Waals surface area contributed by atoms with E-state index in [1.807, 2.05) is 140 Å². The molecule has 10 aromatic heterocycles. The predicted molar refractivity (Wildman–Crippen MR) is 274 cm³/mol. The van der Waals surface area contributed by atoms with E-state index in [0.717, 1.165) is 46.0 Å². The van der Waals surface area contributed by atoms with Crippen LogP contribution in [0.4, 0.5) is 0 Å². The molecule has 0 unspecified atom stereocenters. The molecule has 0 aromatic carbocycles. The van der Waals surface area contributed by atoms with E-state index in [9.17, 15) is 0 Å². The number of hydrogen-bond donors (Lipinski definition) is 1. The number of hydrogen-bond acceptors (Lipinski definition) is 18. The van der Waals surface area contributed by atoms with Crippen molar-refractivity contribution in [1.29, 1.82) is 0 Å². The van der Waals surface area contributed by atoms with Crippen LogP contribution in [0, 0.1) is 75.2 Å². The summed E-state index contributed by atoms with van der Waals surface area (Å²) in [6, 6.07) is 21.2. The molecule has 1 N–H and O–H groups in total. The Morgan fingerprint density at radius 3 is 1.43 bits per heavy atom. The lowest BCUT2D eigenvalue weighted by Crippen LogP contribution is -1.80. The van der Waals surface area contributed by atoms with Crippen LogP contribution in [-0.2, 0) is 0 Å². The van der Waals surface area contributed by atoms with Gasteiger partial charge in [0.2, 0.25) is 6.39 Å². The maximum absolute atomic E-state index is 4.60. The summed E-state index contributed by atoms with van der Waals surface area (Å²) in [7, 11) is 0. The van der Waals surface area contributed by atoms with Gasteiger partial charge in [0.05, 0.1) is 16.9 Å². The minimum absolute atomic E-state index is 0.676. The van der Waals surface area contributed by atoms with Crippen molar-refractivity contribution in [3.63, 3.8) is 0 Å². The topological polar surface area (TPSA) is 235 Å². The average Bonchev–Trinajstić information content (AvgIpc) is 3.93. The smallest absolute Gasteiger partial charge is 0.213 e. The zero-order chi connectivity index (χ0) is 51.3. The van der Waals surface area contributed by atoms with Crippen LogP contribution in [-0.4, -0.2) is 80.4 Å². The Balaban J connectivity index is 0.000000386. The lowest BCUT2D eigenvalue weighted by Gasteiger charge is -1.82. The number of nitrogens with one attached hydrogen (secondary N) is 1. The third-order valence-corrected chi connectivity index (χ3v) is 8.29. The predicted octanol–water partition coefficient (Wildman–Crippen LogP) is 10.9. The third-order valence-electron chi connectivity index (χ3n) is 7.58. The van der Waals surface area contributed by atoms with Gasteiger partial charge in [0.25, 0.3) is 0 Å². The molecule has 10 aromatic rings. The largest absolute Gasteiger partial charge is 0.452 e. The van der Waals surface area contributed by atoms with Gasteiger partial charge in [-0.15, -0.1) is 11.3 Å². The second kappa shape index (κ2) is 41.0. The van der Waals surface area contributed by atoms with Crippen LogP contribution in [0.25, 0.3) is 0 Å². The molecule has 0 bridgehead atoms. The lowest BCUT2D eigenvalue weighted by atomic mass is 10.3. The van der Waals surface area contributed by atoms with E-state index >= 15 is 0 Å². The molecule has 0 amide bonds. The van der Waals surface area contributed by atoms with Crippen molar-refractivity contribution in [3.05, 3.63) is 222 Å². The van der Waals surface area contributed by atoms with E-state index in [1.54, 1.807) is 80.2 Å². The van der Waals surface area contributed by atoms with Crippen LogP contribution in [0.2, 0.25) is 0 Å². The summed E-state index contributed by atoms with van der Waals surface area (Å²) in [4.78, 5) is 42.1. The van der Waals surface area contributed by atoms with Gasteiger partial charge in [-0.3, -0.25) is 25.0 Å². The number of aromatic amines is 1. The van der Waals surface area contributed by atoms with E-state index in [1.165, 1.54) is 49.4 Å². The second-order valence-corrected chi connectivity index (χ2v) is 15.2. The third kappa shape index (κ3) is 41.3. The highest BCUT2D eigenvalue weighted by Crippen LogP contribution is 2.26. The van der Waals surface area contributed by atoms with Crippen LogP contribution >= 0.6 is 11.3 Å². The van der Waals surface area contributed by atoms with Gasteiger partial charge in [-0.25, -0.2) is 29.9 Å². The molecule has 1 aliphatic carbocycles. The fourth-order valence-electron chi connectivity index (χ4n) is 3.63. The highest BCUT2D eigenvalue weighted by Gasteiger charge is 2.12. The molecule has 70 heavy (non-hydrogen) atoms. The van der Waals surface area contributed by atoms with Gasteiger partial charge in [0.1, 0.15) is 30.6 Å². The lowest BCUT2D eigenvalue weighted by molar-refractivity contribution is 0.412. The molecule has 1 aliphatic rings. The number of thiazole rings is 1. The molecule has 368 valence electrons. The van der Waals surface area contributed by atoms with Crippen LogP contribution in [0.1, 0.15) is 76.8 Å². The number of nitrogens with zero attached hydrogens (tertiary/aromatic N) is 15. The Hall–Kier alpha value is -8.19. The van der Waals surface area contributed by atoms with Gasteiger partial charge in [-0.2, -0.15) is 20.3 Å². The normalized spacial score (nSPS) is 9.76. The Bertz CT molecular complexity index is 2110. The molecule has 10 heterocycles. The fraction of sp³-hybridized carbons (Fsp3) is 0.275. The first-order valence-electron chi connectivity index (χ1n) is 21.9. The summed E-state index contributed by atoms with van der Waals surface area (Å²) in [6.45, 7) is 21.5. The van der Waals surface area contributed by atoms with Gasteiger partial charge in [0, 0.05) is 78.2 Å². The first-order chi connectivity index (χ1) is 33.8. The number of aryl methyl sites for hydroxylation is 10. The molecule has 0 aliphatic heterocycles. The Morgan fingerprint density at radius 1 is 0.514 bits per heavy atom. The summed E-state index contributed by atoms with van der Waals surface area (Å²) >= 11 is 1.63. The monoisotopic (exact) mass is 967 g/mol. The zero-order valence-corrected chi connectivity index (χ0v) is 42.8. The SMILES string of the molecule is CC1CC1.Cc1ccccn1.Cc1cccnc1.Cc1cccnn1.Cc1ccncc1.Cc1ccncn1.Cc1cocn1.Cc1cscn1.Cc1ncccn1.Cc1ncn[nH]1.Cc1ncon1. The van der Waals surface area contributed by atoms with E-state index < -0.39 is 0 Å². The van der Waals surface area contributed by atoms with Crippen molar-refractivity contribution < 1.29 is 8.94 Å². The molecular weight excluding hydrogens is 901 g/mol. The van der Waals surface area contributed by atoms with Crippen molar-refractivity contribution >= 4 is 11.3 Å². The van der Waals surface area contributed by atoms with Gasteiger partial charge in [0.15, 0.2) is 12.2 Å². The number of oxazole rings is 1. The highest BCUT2D eigenvalue weighted by atomic mass is 32.1. The summed E-state index contributed by atoms with van der Waals surface area (Å²) in [5.41, 5.74) is 9.38. The molecule has 0 spiro atoms. The van der Waals surface area contributed by atoms with Gasteiger partial charge < -0.3 is 8.94 Å². The van der Waals surface area contributed by atoms with Crippen LogP contribution in [0.15, 0.2) is 174 Å². The first-order valence-corrected chi connectivity index (χ1v) is 22.8. The van der Waals surface area contributed by atoms with E-state index in [4.69, 9.17) is 0 Å². The van der Waals surface area contributed by atoms with Crippen LogP contribution in [0.5, 0.6) is 0 Å².